The van der Waals surface area contributed by atoms with Crippen molar-refractivity contribution in [3.05, 3.63) is 115 Å². The fourth-order valence-corrected chi connectivity index (χ4v) is 5.58. The Kier molecular flexibility index (Phi) is 7.68. The summed E-state index contributed by atoms with van der Waals surface area (Å²) in [6.45, 7) is 2.05. The highest BCUT2D eigenvalue weighted by Crippen LogP contribution is 2.48. The Morgan fingerprint density at radius 2 is 1.95 bits per heavy atom. The van der Waals surface area contributed by atoms with Crippen LogP contribution in [-0.4, -0.2) is 17.8 Å². The average molecular weight is 571 g/mol. The number of halogens is 1. The number of carbonyl (C=O) groups excluding carboxylic acids is 1. The van der Waals surface area contributed by atoms with Gasteiger partial charge in [-0.15, -0.1) is 0 Å². The standard InChI is InChI=1S/C31H27ClN4O5/c1-18-14-21(11-12-23(18)32)41-17-20-15-19(10-13-28(20)40-2)29-22(16-33)31(34)35(26-8-5-9-27(37)30(26)29)24-6-3-4-7-25(24)36(38)39/h3-4,6-7,10-15,29H,5,8-9,17,34H2,1-2H3/t29-/m1/s1. The van der Waals surface area contributed by atoms with E-state index < -0.39 is 10.8 Å². The zero-order chi connectivity index (χ0) is 29.3. The molecule has 0 saturated heterocycles. The molecule has 208 valence electrons. The number of nitro groups is 1. The number of allylic oxidation sites excluding steroid dienone is 3. The Balaban J connectivity index is 1.62. The van der Waals surface area contributed by atoms with E-state index in [1.165, 1.54) is 11.0 Å². The molecule has 0 saturated carbocycles. The lowest BCUT2D eigenvalue weighted by atomic mass is 9.75. The predicted molar refractivity (Wildman–Crippen MR) is 155 cm³/mol. The third kappa shape index (κ3) is 5.10. The molecule has 1 aliphatic carbocycles. The van der Waals surface area contributed by atoms with Gasteiger partial charge in [0.2, 0.25) is 0 Å². The molecule has 9 nitrogen and oxygen atoms in total. The maximum Gasteiger partial charge on any atom is 0.293 e. The molecule has 0 unspecified atom stereocenters. The van der Waals surface area contributed by atoms with Crippen LogP contribution in [-0.2, 0) is 11.4 Å². The first-order valence-corrected chi connectivity index (χ1v) is 13.4. The largest absolute Gasteiger partial charge is 0.496 e. The summed E-state index contributed by atoms with van der Waals surface area (Å²) >= 11 is 6.15. The third-order valence-corrected chi connectivity index (χ3v) is 7.82. The molecular weight excluding hydrogens is 544 g/mol. The summed E-state index contributed by atoms with van der Waals surface area (Å²) in [5.41, 5.74) is 10.1. The number of Topliss-reactive ketones (excluding diaryl/α,β-unsaturated/α-hetero) is 1. The number of nitro benzene ring substituents is 1. The van der Waals surface area contributed by atoms with Crippen LogP contribution < -0.4 is 20.1 Å². The summed E-state index contributed by atoms with van der Waals surface area (Å²) < 4.78 is 11.6. The van der Waals surface area contributed by atoms with Gasteiger partial charge in [0.25, 0.3) is 5.69 Å². The molecule has 2 aliphatic rings. The van der Waals surface area contributed by atoms with Gasteiger partial charge < -0.3 is 15.2 Å². The van der Waals surface area contributed by atoms with Gasteiger partial charge in [-0.05, 0) is 67.3 Å². The topological polar surface area (TPSA) is 132 Å². The summed E-state index contributed by atoms with van der Waals surface area (Å²) in [5, 5.41) is 22.9. The van der Waals surface area contributed by atoms with Crippen LogP contribution in [0.5, 0.6) is 11.5 Å². The third-order valence-electron chi connectivity index (χ3n) is 7.39. The fraction of sp³-hybridized carbons (Fsp3) is 0.226. The van der Waals surface area contributed by atoms with Gasteiger partial charge in [0.1, 0.15) is 29.6 Å². The fourth-order valence-electron chi connectivity index (χ4n) is 5.46. The normalized spacial score (nSPS) is 16.8. The second-order valence-corrected chi connectivity index (χ2v) is 10.2. The van der Waals surface area contributed by atoms with Crippen molar-refractivity contribution in [1.29, 1.82) is 5.26 Å². The van der Waals surface area contributed by atoms with Gasteiger partial charge in [-0.2, -0.15) is 5.26 Å². The van der Waals surface area contributed by atoms with Gasteiger partial charge in [-0.3, -0.25) is 19.8 Å². The van der Waals surface area contributed by atoms with Crippen molar-refractivity contribution in [2.45, 2.75) is 38.7 Å². The lowest BCUT2D eigenvalue weighted by Gasteiger charge is -2.39. The molecule has 0 aromatic heterocycles. The highest BCUT2D eigenvalue weighted by Gasteiger charge is 2.41. The first-order valence-electron chi connectivity index (χ1n) is 13.0. The van der Waals surface area contributed by atoms with Crippen molar-refractivity contribution in [3.8, 4) is 17.6 Å². The number of rotatable bonds is 7. The Hall–Kier alpha value is -4.81. The van der Waals surface area contributed by atoms with Crippen molar-refractivity contribution in [1.82, 2.24) is 0 Å². The van der Waals surface area contributed by atoms with Gasteiger partial charge in [-0.1, -0.05) is 29.8 Å². The maximum absolute atomic E-state index is 13.5. The molecule has 5 rings (SSSR count). The van der Waals surface area contributed by atoms with Crippen LogP contribution in [0.4, 0.5) is 11.4 Å². The van der Waals surface area contributed by atoms with E-state index in [9.17, 15) is 20.2 Å². The van der Waals surface area contributed by atoms with E-state index in [1.54, 1.807) is 49.6 Å². The lowest BCUT2D eigenvalue weighted by molar-refractivity contribution is -0.384. The van der Waals surface area contributed by atoms with Gasteiger partial charge in [0.05, 0.1) is 29.6 Å². The van der Waals surface area contributed by atoms with E-state index in [1.807, 2.05) is 19.1 Å². The maximum atomic E-state index is 13.5. The van der Waals surface area contributed by atoms with Crippen LogP contribution in [0.15, 0.2) is 83.3 Å². The first kappa shape index (κ1) is 27.7. The van der Waals surface area contributed by atoms with E-state index >= 15 is 0 Å². The smallest absolute Gasteiger partial charge is 0.293 e. The monoisotopic (exact) mass is 570 g/mol. The van der Waals surface area contributed by atoms with E-state index in [4.69, 9.17) is 26.8 Å². The number of hydrogen-bond acceptors (Lipinski definition) is 8. The SMILES string of the molecule is COc1ccc([C@@H]2C(C#N)=C(N)N(c3ccccc3[N+](=O)[O-])C3=C2C(=O)CCC3)cc1COc1ccc(Cl)c(C)c1. The zero-order valence-electron chi connectivity index (χ0n) is 22.5. The summed E-state index contributed by atoms with van der Waals surface area (Å²) in [6.07, 6.45) is 1.35. The molecule has 0 radical (unpaired) electrons. The van der Waals surface area contributed by atoms with Crippen LogP contribution >= 0.6 is 11.6 Å². The van der Waals surface area contributed by atoms with Crippen molar-refractivity contribution in [3.63, 3.8) is 0 Å². The second-order valence-electron chi connectivity index (χ2n) is 9.83. The number of carbonyl (C=O) groups is 1. The number of nitrogens with two attached hydrogens (primary N) is 1. The van der Waals surface area contributed by atoms with Crippen molar-refractivity contribution >= 4 is 28.8 Å². The molecule has 0 spiro atoms. The molecule has 3 aromatic rings. The number of aryl methyl sites for hydroxylation is 1. The number of methoxy groups -OCH3 is 1. The number of anilines is 1. The Morgan fingerprint density at radius 1 is 1.17 bits per heavy atom. The number of hydrogen-bond donors (Lipinski definition) is 1. The number of ketones is 1. The Bertz CT molecular complexity index is 1670. The molecule has 41 heavy (non-hydrogen) atoms. The van der Waals surface area contributed by atoms with E-state index in [-0.39, 0.29) is 35.2 Å². The second kappa shape index (κ2) is 11.4. The van der Waals surface area contributed by atoms with Gasteiger partial charge in [-0.25, -0.2) is 0 Å². The zero-order valence-corrected chi connectivity index (χ0v) is 23.3. The van der Waals surface area contributed by atoms with E-state index in [0.29, 0.717) is 58.2 Å². The van der Waals surface area contributed by atoms with Gasteiger partial charge in [0, 0.05) is 34.3 Å². The van der Waals surface area contributed by atoms with Crippen molar-refractivity contribution < 1.29 is 19.2 Å². The number of nitrogens with zero attached hydrogens (tertiary/aromatic N) is 3. The van der Waals surface area contributed by atoms with E-state index in [0.717, 1.165) is 5.56 Å². The van der Waals surface area contributed by atoms with Gasteiger partial charge in [0.15, 0.2) is 5.78 Å². The van der Waals surface area contributed by atoms with Crippen LogP contribution in [0.3, 0.4) is 0 Å². The summed E-state index contributed by atoms with van der Waals surface area (Å²) in [6, 6.07) is 19.2. The van der Waals surface area contributed by atoms with E-state index in [2.05, 4.69) is 6.07 Å². The number of para-hydroxylation sites is 2. The molecule has 10 heteroatoms. The number of benzene rings is 3. The number of ether oxygens (including phenoxy) is 2. The minimum Gasteiger partial charge on any atom is -0.496 e. The predicted octanol–water partition coefficient (Wildman–Crippen LogP) is 6.45. The summed E-state index contributed by atoms with van der Waals surface area (Å²) in [7, 11) is 1.56. The van der Waals surface area contributed by atoms with Crippen LogP contribution in [0.2, 0.25) is 5.02 Å². The highest BCUT2D eigenvalue weighted by molar-refractivity contribution is 6.31. The molecule has 0 bridgehead atoms. The summed E-state index contributed by atoms with van der Waals surface area (Å²) in [4.78, 5) is 26.4. The molecule has 0 fully saturated rings. The minimum absolute atomic E-state index is 0.0607. The molecule has 1 atom stereocenters. The van der Waals surface area contributed by atoms with Crippen LogP contribution in [0.25, 0.3) is 0 Å². The van der Waals surface area contributed by atoms with Crippen LogP contribution in [0.1, 0.15) is 41.9 Å². The average Bonchev–Trinajstić information content (AvgIpc) is 2.97. The number of nitriles is 1. The summed E-state index contributed by atoms with van der Waals surface area (Å²) in [5.74, 6) is 0.406. The molecular formula is C31H27ClN4O5. The lowest BCUT2D eigenvalue weighted by Crippen LogP contribution is -2.39. The molecule has 1 aliphatic heterocycles. The molecule has 1 heterocycles. The van der Waals surface area contributed by atoms with Crippen LogP contribution in [0, 0.1) is 28.4 Å². The molecule has 3 aromatic carbocycles. The van der Waals surface area contributed by atoms with Crippen molar-refractivity contribution in [2.24, 2.45) is 5.73 Å². The first-order chi connectivity index (χ1) is 19.7. The van der Waals surface area contributed by atoms with Gasteiger partial charge >= 0.3 is 0 Å². The quantitative estimate of drug-likeness (QED) is 0.253. The Morgan fingerprint density at radius 3 is 2.66 bits per heavy atom. The van der Waals surface area contributed by atoms with Crippen molar-refractivity contribution in [2.75, 3.05) is 12.0 Å². The molecule has 0 amide bonds. The Labute approximate surface area is 242 Å². The highest BCUT2D eigenvalue weighted by atomic mass is 35.5. The molecule has 2 N–H and O–H groups in total. The minimum atomic E-state index is -0.746.